The number of aliphatic carboxylic acids is 1. The van der Waals surface area contributed by atoms with Crippen molar-refractivity contribution in [1.29, 1.82) is 0 Å². The molecular formula is C11H24N2O3. The van der Waals surface area contributed by atoms with Gasteiger partial charge in [0.1, 0.15) is 6.29 Å². The normalized spacial score (nSPS) is 11.2. The second-order valence-corrected chi connectivity index (χ2v) is 3.66. The van der Waals surface area contributed by atoms with Gasteiger partial charge in [-0.2, -0.15) is 0 Å². The molecule has 0 aliphatic carbocycles. The molecule has 0 saturated heterocycles. The molecule has 0 radical (unpaired) electrons. The van der Waals surface area contributed by atoms with Gasteiger partial charge in [0.25, 0.3) is 0 Å². The highest BCUT2D eigenvalue weighted by Crippen LogP contribution is 1.94. The molecule has 4 N–H and O–H groups in total. The Bertz CT molecular complexity index is 169. The third-order valence-electron chi connectivity index (χ3n) is 1.86. The predicted molar refractivity (Wildman–Crippen MR) is 64.3 cm³/mol. The van der Waals surface area contributed by atoms with Gasteiger partial charge in [-0.05, 0) is 33.0 Å². The van der Waals surface area contributed by atoms with Crippen molar-refractivity contribution in [2.45, 2.75) is 32.6 Å². The number of rotatable bonds is 8. The van der Waals surface area contributed by atoms with Gasteiger partial charge in [-0.3, -0.25) is 4.79 Å². The fourth-order valence-corrected chi connectivity index (χ4v) is 0.946. The zero-order valence-electron chi connectivity index (χ0n) is 10.2. The summed E-state index contributed by atoms with van der Waals surface area (Å²) < 4.78 is 0. The molecule has 0 aliphatic rings. The molecule has 0 unspecified atom stereocenters. The molecule has 5 nitrogen and oxygen atoms in total. The minimum Gasteiger partial charge on any atom is -0.481 e. The topological polar surface area (TPSA) is 92.4 Å². The lowest BCUT2D eigenvalue weighted by molar-refractivity contribution is -0.139. The summed E-state index contributed by atoms with van der Waals surface area (Å²) >= 11 is 0. The van der Waals surface area contributed by atoms with E-state index >= 15 is 0 Å². The third kappa shape index (κ3) is 18.8. The van der Waals surface area contributed by atoms with Gasteiger partial charge in [-0.25, -0.2) is 0 Å². The van der Waals surface area contributed by atoms with Crippen LogP contribution in [0.1, 0.15) is 32.6 Å². The zero-order chi connectivity index (χ0) is 12.8. The molecule has 0 saturated carbocycles. The van der Waals surface area contributed by atoms with Crippen molar-refractivity contribution < 1.29 is 14.7 Å². The Morgan fingerprint density at radius 3 is 2.38 bits per heavy atom. The minimum atomic E-state index is -0.926. The number of nitrogens with one attached hydrogen (secondary N) is 1. The first-order valence-corrected chi connectivity index (χ1v) is 5.60. The Labute approximate surface area is 97.4 Å². The van der Waals surface area contributed by atoms with Crippen LogP contribution in [0.25, 0.3) is 0 Å². The number of unbranched alkanes of at least 4 members (excludes halogenated alkanes) is 2. The molecule has 0 fully saturated rings. The summed E-state index contributed by atoms with van der Waals surface area (Å²) in [5.41, 5.74) is 5.29. The van der Waals surface area contributed by atoms with E-state index in [2.05, 4.69) is 5.32 Å². The maximum Gasteiger partial charge on any atom is 0.304 e. The van der Waals surface area contributed by atoms with Crippen molar-refractivity contribution in [3.8, 4) is 0 Å². The van der Waals surface area contributed by atoms with E-state index in [-0.39, 0.29) is 12.3 Å². The van der Waals surface area contributed by atoms with Crippen LogP contribution in [0.15, 0.2) is 0 Å². The van der Waals surface area contributed by atoms with Crippen LogP contribution in [0.4, 0.5) is 0 Å². The number of nitrogens with two attached hydrogens (primary N) is 1. The molecule has 0 bridgehead atoms. The van der Waals surface area contributed by atoms with E-state index in [1.165, 1.54) is 19.3 Å². The highest BCUT2D eigenvalue weighted by molar-refractivity contribution is 5.71. The first-order chi connectivity index (χ1) is 7.58. The zero-order valence-corrected chi connectivity index (χ0v) is 10.2. The first-order valence-electron chi connectivity index (χ1n) is 5.60. The van der Waals surface area contributed by atoms with Crippen molar-refractivity contribution in [3.63, 3.8) is 0 Å². The summed E-state index contributed by atoms with van der Waals surface area (Å²) in [6, 6.07) is 0. The van der Waals surface area contributed by atoms with Crippen LogP contribution in [0.5, 0.6) is 0 Å². The highest BCUT2D eigenvalue weighted by atomic mass is 16.4. The summed E-state index contributed by atoms with van der Waals surface area (Å²) in [6.45, 7) is 3.53. The predicted octanol–water partition coefficient (Wildman–Crippen LogP) is 0.631. The molecule has 0 heterocycles. The molecule has 0 aromatic carbocycles. The average Bonchev–Trinajstić information content (AvgIpc) is 2.24. The lowest BCUT2D eigenvalue weighted by Crippen LogP contribution is -2.08. The Hall–Kier alpha value is -0.940. The van der Waals surface area contributed by atoms with Crippen LogP contribution in [0, 0.1) is 5.92 Å². The number of hydrogen-bond donors (Lipinski definition) is 3. The van der Waals surface area contributed by atoms with Gasteiger partial charge in [0.15, 0.2) is 0 Å². The molecule has 0 spiro atoms. The summed E-state index contributed by atoms with van der Waals surface area (Å²) in [6.07, 6.45) is 4.25. The molecule has 16 heavy (non-hydrogen) atoms. The van der Waals surface area contributed by atoms with E-state index < -0.39 is 5.97 Å². The molecule has 0 aromatic heterocycles. The Kier molecular flexibility index (Phi) is 15.3. The van der Waals surface area contributed by atoms with E-state index in [0.717, 1.165) is 13.1 Å². The lowest BCUT2D eigenvalue weighted by atomic mass is 10.1. The van der Waals surface area contributed by atoms with Crippen molar-refractivity contribution >= 4 is 12.3 Å². The molecule has 0 aromatic rings. The summed E-state index contributed by atoms with van der Waals surface area (Å²) in [5, 5.41) is 11.1. The standard InChI is InChI=1S/C6H16N2.C5H8O3/c1-8-6-4-2-3-5-7;1-4(3-6)2-5(7)8/h8H,2-7H2,1H3;3-4H,2H2,1H3,(H,7,8)/t;4-/m.0/s1. The van der Waals surface area contributed by atoms with Gasteiger partial charge in [0, 0.05) is 5.92 Å². The molecule has 5 heteroatoms. The second-order valence-electron chi connectivity index (χ2n) is 3.66. The van der Waals surface area contributed by atoms with E-state index in [4.69, 9.17) is 10.8 Å². The Balaban J connectivity index is 0. The minimum absolute atomic E-state index is 0.0660. The molecule has 96 valence electrons. The van der Waals surface area contributed by atoms with Crippen molar-refractivity contribution in [1.82, 2.24) is 5.32 Å². The maximum atomic E-state index is 9.81. The Morgan fingerprint density at radius 2 is 2.06 bits per heavy atom. The van der Waals surface area contributed by atoms with E-state index in [1.807, 2.05) is 7.05 Å². The number of carbonyl (C=O) groups excluding carboxylic acids is 1. The first kappa shape index (κ1) is 17.5. The SMILES string of the molecule is CNCCCCCN.C[C@H](C=O)CC(=O)O. The van der Waals surface area contributed by atoms with Gasteiger partial charge in [-0.15, -0.1) is 0 Å². The molecule has 0 aliphatic heterocycles. The average molecular weight is 232 g/mol. The van der Waals surface area contributed by atoms with E-state index in [0.29, 0.717) is 6.29 Å². The van der Waals surface area contributed by atoms with Crippen molar-refractivity contribution in [2.24, 2.45) is 11.7 Å². The third-order valence-corrected chi connectivity index (χ3v) is 1.86. The smallest absolute Gasteiger partial charge is 0.304 e. The summed E-state index contributed by atoms with van der Waals surface area (Å²) in [7, 11) is 1.97. The summed E-state index contributed by atoms with van der Waals surface area (Å²) in [5.74, 6) is -1.28. The fraction of sp³-hybridized carbons (Fsp3) is 0.818. The van der Waals surface area contributed by atoms with Gasteiger partial charge in [0.05, 0.1) is 6.42 Å². The largest absolute Gasteiger partial charge is 0.481 e. The highest BCUT2D eigenvalue weighted by Gasteiger charge is 2.03. The second kappa shape index (κ2) is 14.1. The summed E-state index contributed by atoms with van der Waals surface area (Å²) in [4.78, 5) is 19.6. The van der Waals surface area contributed by atoms with Crippen LogP contribution < -0.4 is 11.1 Å². The molecule has 0 amide bonds. The van der Waals surface area contributed by atoms with E-state index in [1.54, 1.807) is 6.92 Å². The molecule has 1 atom stereocenters. The molecular weight excluding hydrogens is 208 g/mol. The van der Waals surface area contributed by atoms with Crippen LogP contribution >= 0.6 is 0 Å². The van der Waals surface area contributed by atoms with Gasteiger partial charge < -0.3 is 21.0 Å². The van der Waals surface area contributed by atoms with Gasteiger partial charge >= 0.3 is 5.97 Å². The van der Waals surface area contributed by atoms with E-state index in [9.17, 15) is 9.59 Å². The number of carboxylic acid groups (broad SMARTS) is 1. The van der Waals surface area contributed by atoms with Gasteiger partial charge in [-0.1, -0.05) is 13.3 Å². The monoisotopic (exact) mass is 232 g/mol. The number of hydrogen-bond acceptors (Lipinski definition) is 4. The Morgan fingerprint density at radius 1 is 1.44 bits per heavy atom. The van der Waals surface area contributed by atoms with Crippen molar-refractivity contribution in [3.05, 3.63) is 0 Å². The van der Waals surface area contributed by atoms with Crippen LogP contribution in [0.3, 0.4) is 0 Å². The number of carboxylic acids is 1. The van der Waals surface area contributed by atoms with Crippen LogP contribution in [-0.2, 0) is 9.59 Å². The van der Waals surface area contributed by atoms with Gasteiger partial charge in [0.2, 0.25) is 0 Å². The number of carbonyl (C=O) groups is 2. The number of aldehydes is 1. The quantitative estimate of drug-likeness (QED) is 0.421. The lowest BCUT2D eigenvalue weighted by Gasteiger charge is -1.95. The van der Waals surface area contributed by atoms with Crippen LogP contribution in [0.2, 0.25) is 0 Å². The van der Waals surface area contributed by atoms with Crippen LogP contribution in [-0.4, -0.2) is 37.5 Å². The molecule has 0 rings (SSSR count). The maximum absolute atomic E-state index is 9.81. The fourth-order valence-electron chi connectivity index (χ4n) is 0.946. The van der Waals surface area contributed by atoms with Crippen molar-refractivity contribution in [2.75, 3.05) is 20.1 Å².